The molecular weight excluding hydrogens is 239 g/mol. The van der Waals surface area contributed by atoms with E-state index in [1.165, 1.54) is 12.3 Å². The van der Waals surface area contributed by atoms with E-state index in [4.69, 9.17) is 0 Å². The van der Waals surface area contributed by atoms with Gasteiger partial charge in [-0.05, 0) is 42.9 Å². The van der Waals surface area contributed by atoms with Crippen molar-refractivity contribution in [2.45, 2.75) is 47.1 Å². The van der Waals surface area contributed by atoms with Gasteiger partial charge >= 0.3 is 0 Å². The first kappa shape index (κ1) is 16.1. The number of rotatable bonds is 7. The summed E-state index contributed by atoms with van der Waals surface area (Å²) in [6, 6.07) is 3.46. The number of hydrogen-bond acceptors (Lipinski definition) is 2. The van der Waals surface area contributed by atoms with Crippen molar-refractivity contribution in [2.24, 2.45) is 17.8 Å². The lowest BCUT2D eigenvalue weighted by Crippen LogP contribution is -2.32. The second-order valence-corrected chi connectivity index (χ2v) is 5.92. The van der Waals surface area contributed by atoms with Gasteiger partial charge in [0.1, 0.15) is 5.82 Å². The average molecular weight is 266 g/mol. The average Bonchev–Trinajstić information content (AvgIpc) is 2.35. The Morgan fingerprint density at radius 2 is 1.79 bits per heavy atom. The van der Waals surface area contributed by atoms with Crippen LogP contribution in [-0.2, 0) is 0 Å². The maximum Gasteiger partial charge on any atom is 0.141 e. The highest BCUT2D eigenvalue weighted by atomic mass is 19.1. The third-order valence-electron chi connectivity index (χ3n) is 3.83. The maximum atomic E-state index is 12.9. The van der Waals surface area contributed by atoms with E-state index in [0.29, 0.717) is 17.8 Å². The first-order valence-corrected chi connectivity index (χ1v) is 7.30. The standard InChI is InChI=1S/C16H27FN2/c1-6-15(16-8-7-13(17)9-18-16)19-10-14(11(2)3)12(4)5/h7-9,11-12,14-15,19H,6,10H2,1-5H3. The number of halogens is 1. The van der Waals surface area contributed by atoms with Crippen LogP contribution in [0.2, 0.25) is 0 Å². The fraction of sp³-hybridized carbons (Fsp3) is 0.688. The SMILES string of the molecule is CCC(NCC(C(C)C)C(C)C)c1ccc(F)cn1. The third-order valence-corrected chi connectivity index (χ3v) is 3.83. The molecule has 1 rings (SSSR count). The zero-order chi connectivity index (χ0) is 14.4. The minimum Gasteiger partial charge on any atom is -0.308 e. The summed E-state index contributed by atoms with van der Waals surface area (Å²) in [6.45, 7) is 12.2. The van der Waals surface area contributed by atoms with Crippen LogP contribution >= 0.6 is 0 Å². The van der Waals surface area contributed by atoms with E-state index in [0.717, 1.165) is 18.7 Å². The normalized spacial score (nSPS) is 13.5. The molecule has 0 fully saturated rings. The van der Waals surface area contributed by atoms with Gasteiger partial charge in [0.05, 0.1) is 11.9 Å². The van der Waals surface area contributed by atoms with Crippen LogP contribution in [0, 0.1) is 23.6 Å². The summed E-state index contributed by atoms with van der Waals surface area (Å²) >= 11 is 0. The van der Waals surface area contributed by atoms with Gasteiger partial charge in [-0.2, -0.15) is 0 Å². The Morgan fingerprint density at radius 3 is 2.21 bits per heavy atom. The van der Waals surface area contributed by atoms with Crippen LogP contribution in [0.4, 0.5) is 4.39 Å². The predicted molar refractivity (Wildman–Crippen MR) is 78.4 cm³/mol. The Kier molecular flexibility index (Phi) is 6.43. The molecule has 0 saturated carbocycles. The van der Waals surface area contributed by atoms with E-state index in [1.54, 1.807) is 6.07 Å². The Morgan fingerprint density at radius 1 is 1.16 bits per heavy atom. The second kappa shape index (κ2) is 7.59. The predicted octanol–water partition coefficient (Wildman–Crippen LogP) is 4.19. The molecule has 0 aliphatic carbocycles. The van der Waals surface area contributed by atoms with Crippen molar-refractivity contribution in [1.82, 2.24) is 10.3 Å². The molecule has 2 nitrogen and oxygen atoms in total. The summed E-state index contributed by atoms with van der Waals surface area (Å²) in [7, 11) is 0. The smallest absolute Gasteiger partial charge is 0.141 e. The molecule has 1 atom stereocenters. The minimum atomic E-state index is -0.277. The van der Waals surface area contributed by atoms with Gasteiger partial charge in [0.25, 0.3) is 0 Å². The van der Waals surface area contributed by atoms with Gasteiger partial charge in [-0.3, -0.25) is 4.98 Å². The van der Waals surface area contributed by atoms with Crippen molar-refractivity contribution in [3.05, 3.63) is 29.8 Å². The van der Waals surface area contributed by atoms with Gasteiger partial charge in [-0.15, -0.1) is 0 Å². The monoisotopic (exact) mass is 266 g/mol. The molecule has 19 heavy (non-hydrogen) atoms. The zero-order valence-corrected chi connectivity index (χ0v) is 12.8. The topological polar surface area (TPSA) is 24.9 Å². The summed E-state index contributed by atoms with van der Waals surface area (Å²) < 4.78 is 12.9. The first-order chi connectivity index (χ1) is 8.95. The molecule has 0 spiro atoms. The Labute approximate surface area is 116 Å². The van der Waals surface area contributed by atoms with E-state index >= 15 is 0 Å². The highest BCUT2D eigenvalue weighted by Gasteiger charge is 2.19. The van der Waals surface area contributed by atoms with Gasteiger partial charge < -0.3 is 5.32 Å². The molecule has 0 aliphatic rings. The molecule has 0 aliphatic heterocycles. The van der Waals surface area contributed by atoms with E-state index < -0.39 is 0 Å². The lowest BCUT2D eigenvalue weighted by Gasteiger charge is -2.27. The fourth-order valence-electron chi connectivity index (χ4n) is 2.57. The molecule has 1 aromatic heterocycles. The van der Waals surface area contributed by atoms with Crippen molar-refractivity contribution < 1.29 is 4.39 Å². The maximum absolute atomic E-state index is 12.9. The van der Waals surface area contributed by atoms with E-state index in [2.05, 4.69) is 44.9 Å². The number of nitrogens with one attached hydrogen (secondary N) is 1. The van der Waals surface area contributed by atoms with E-state index in [1.807, 2.05) is 0 Å². The summed E-state index contributed by atoms with van der Waals surface area (Å²) in [5.74, 6) is 1.69. The number of nitrogens with zero attached hydrogens (tertiary/aromatic N) is 1. The van der Waals surface area contributed by atoms with Crippen molar-refractivity contribution >= 4 is 0 Å². The van der Waals surface area contributed by atoms with Crippen molar-refractivity contribution in [2.75, 3.05) is 6.54 Å². The molecule has 3 heteroatoms. The zero-order valence-electron chi connectivity index (χ0n) is 12.8. The lowest BCUT2D eigenvalue weighted by molar-refractivity contribution is 0.263. The van der Waals surface area contributed by atoms with Gasteiger partial charge in [-0.1, -0.05) is 34.6 Å². The molecular formula is C16H27FN2. The summed E-state index contributed by atoms with van der Waals surface area (Å²) in [6.07, 6.45) is 2.25. The highest BCUT2D eigenvalue weighted by Crippen LogP contribution is 2.22. The van der Waals surface area contributed by atoms with Crippen LogP contribution in [0.3, 0.4) is 0 Å². The summed E-state index contributed by atoms with van der Waals surface area (Å²) in [5.41, 5.74) is 0.926. The number of aromatic nitrogens is 1. The van der Waals surface area contributed by atoms with Crippen LogP contribution in [0.5, 0.6) is 0 Å². The largest absolute Gasteiger partial charge is 0.308 e. The Balaban J connectivity index is 2.64. The molecule has 0 bridgehead atoms. The van der Waals surface area contributed by atoms with Crippen molar-refractivity contribution in [1.29, 1.82) is 0 Å². The molecule has 108 valence electrons. The Bertz CT molecular complexity index is 352. The van der Waals surface area contributed by atoms with Crippen LogP contribution in [0.15, 0.2) is 18.3 Å². The lowest BCUT2D eigenvalue weighted by atomic mass is 9.85. The Hall–Kier alpha value is -0.960. The molecule has 1 unspecified atom stereocenters. The van der Waals surface area contributed by atoms with Gasteiger partial charge in [0.15, 0.2) is 0 Å². The van der Waals surface area contributed by atoms with Crippen LogP contribution < -0.4 is 5.32 Å². The van der Waals surface area contributed by atoms with Gasteiger partial charge in [0.2, 0.25) is 0 Å². The van der Waals surface area contributed by atoms with Crippen molar-refractivity contribution in [3.63, 3.8) is 0 Å². The second-order valence-electron chi connectivity index (χ2n) is 5.92. The van der Waals surface area contributed by atoms with Gasteiger partial charge in [0, 0.05) is 6.04 Å². The summed E-state index contributed by atoms with van der Waals surface area (Å²) in [5, 5.41) is 3.58. The molecule has 1 aromatic rings. The molecule has 0 saturated heterocycles. The fourth-order valence-corrected chi connectivity index (χ4v) is 2.57. The molecule has 0 amide bonds. The third kappa shape index (κ3) is 4.90. The van der Waals surface area contributed by atoms with E-state index in [-0.39, 0.29) is 11.9 Å². The minimum absolute atomic E-state index is 0.209. The quantitative estimate of drug-likeness (QED) is 0.800. The van der Waals surface area contributed by atoms with Gasteiger partial charge in [-0.25, -0.2) is 4.39 Å². The molecule has 0 aromatic carbocycles. The number of hydrogen-bond donors (Lipinski definition) is 1. The summed E-state index contributed by atoms with van der Waals surface area (Å²) in [4.78, 5) is 4.18. The van der Waals surface area contributed by atoms with Crippen LogP contribution in [0.25, 0.3) is 0 Å². The molecule has 1 heterocycles. The highest BCUT2D eigenvalue weighted by molar-refractivity contribution is 5.09. The van der Waals surface area contributed by atoms with Crippen LogP contribution in [-0.4, -0.2) is 11.5 Å². The molecule has 0 radical (unpaired) electrons. The van der Waals surface area contributed by atoms with E-state index in [9.17, 15) is 4.39 Å². The first-order valence-electron chi connectivity index (χ1n) is 7.30. The van der Waals surface area contributed by atoms with Crippen molar-refractivity contribution in [3.8, 4) is 0 Å². The number of pyridine rings is 1. The molecule has 1 N–H and O–H groups in total. The van der Waals surface area contributed by atoms with Crippen LogP contribution in [0.1, 0.15) is 52.8 Å².